The first-order chi connectivity index (χ1) is 7.22. The van der Waals surface area contributed by atoms with Gasteiger partial charge in [0.25, 0.3) is 0 Å². The van der Waals surface area contributed by atoms with E-state index in [-0.39, 0.29) is 12.0 Å². The molecule has 88 valence electrons. The van der Waals surface area contributed by atoms with Crippen LogP contribution >= 0.6 is 0 Å². The zero-order valence-electron chi connectivity index (χ0n) is 9.62. The van der Waals surface area contributed by atoms with Gasteiger partial charge in [-0.3, -0.25) is 4.79 Å². The van der Waals surface area contributed by atoms with E-state index in [1.165, 1.54) is 0 Å². The molecule has 1 aliphatic heterocycles. The van der Waals surface area contributed by atoms with Crippen molar-refractivity contribution in [3.05, 3.63) is 0 Å². The molecule has 0 aromatic rings. The predicted molar refractivity (Wildman–Crippen MR) is 57.6 cm³/mol. The summed E-state index contributed by atoms with van der Waals surface area (Å²) in [6.45, 7) is 6.94. The Balaban J connectivity index is 2.06. The van der Waals surface area contributed by atoms with Crippen LogP contribution in [0, 0.1) is 5.92 Å². The Hall–Kier alpha value is -0.610. The molecule has 1 rings (SSSR count). The maximum Gasteiger partial charge on any atom is 0.307 e. The first-order valence-corrected chi connectivity index (χ1v) is 5.69. The van der Waals surface area contributed by atoms with Gasteiger partial charge in [-0.2, -0.15) is 0 Å². The lowest BCUT2D eigenvalue weighted by molar-refractivity contribution is -0.143. The van der Waals surface area contributed by atoms with E-state index in [0.29, 0.717) is 18.9 Å². The molecule has 0 bridgehead atoms. The summed E-state index contributed by atoms with van der Waals surface area (Å²) in [6, 6.07) is 0.185. The molecule has 0 saturated carbocycles. The van der Waals surface area contributed by atoms with Crippen molar-refractivity contribution < 1.29 is 14.3 Å². The number of hydrogen-bond acceptors (Lipinski definition) is 4. The topological polar surface area (TPSA) is 47.6 Å². The highest BCUT2D eigenvalue weighted by molar-refractivity contribution is 5.69. The number of nitrogens with one attached hydrogen (secondary N) is 1. The van der Waals surface area contributed by atoms with Crippen molar-refractivity contribution in [2.45, 2.75) is 32.7 Å². The van der Waals surface area contributed by atoms with Crippen molar-refractivity contribution in [2.24, 2.45) is 5.92 Å². The highest BCUT2D eigenvalue weighted by atomic mass is 16.5. The van der Waals surface area contributed by atoms with Gasteiger partial charge < -0.3 is 14.8 Å². The fourth-order valence-corrected chi connectivity index (χ4v) is 1.65. The predicted octanol–water partition coefficient (Wildman–Crippen LogP) is 0.954. The van der Waals surface area contributed by atoms with Crippen molar-refractivity contribution in [3.63, 3.8) is 0 Å². The summed E-state index contributed by atoms with van der Waals surface area (Å²) in [6.07, 6.45) is 1.57. The van der Waals surface area contributed by atoms with Crippen molar-refractivity contribution in [1.29, 1.82) is 0 Å². The molecule has 4 nitrogen and oxygen atoms in total. The Morgan fingerprint density at radius 1 is 1.67 bits per heavy atom. The smallest absolute Gasteiger partial charge is 0.307 e. The Kier molecular flexibility index (Phi) is 5.65. The molecule has 2 unspecified atom stereocenters. The molecule has 1 heterocycles. The Labute approximate surface area is 91.3 Å². The van der Waals surface area contributed by atoms with Crippen molar-refractivity contribution in [2.75, 3.05) is 26.4 Å². The van der Waals surface area contributed by atoms with E-state index in [9.17, 15) is 4.79 Å². The zero-order chi connectivity index (χ0) is 11.1. The minimum atomic E-state index is -0.125. The Morgan fingerprint density at radius 2 is 2.47 bits per heavy atom. The van der Waals surface area contributed by atoms with Gasteiger partial charge in [-0.15, -0.1) is 0 Å². The number of carbonyl (C=O) groups excluding carboxylic acids is 1. The van der Waals surface area contributed by atoms with Gasteiger partial charge in [0.05, 0.1) is 19.6 Å². The average Bonchev–Trinajstić information content (AvgIpc) is 2.67. The molecular weight excluding hydrogens is 194 g/mol. The molecule has 4 heteroatoms. The summed E-state index contributed by atoms with van der Waals surface area (Å²) in [5.74, 6) is 0.481. The number of rotatable bonds is 6. The van der Waals surface area contributed by atoms with Crippen molar-refractivity contribution in [1.82, 2.24) is 5.32 Å². The molecular formula is C11H21NO3. The van der Waals surface area contributed by atoms with Crippen LogP contribution in [0.3, 0.4) is 0 Å². The Bertz CT molecular complexity index is 190. The second-order valence-corrected chi connectivity index (χ2v) is 4.05. The average molecular weight is 215 g/mol. The van der Waals surface area contributed by atoms with Crippen molar-refractivity contribution in [3.8, 4) is 0 Å². The van der Waals surface area contributed by atoms with Gasteiger partial charge in [-0.1, -0.05) is 0 Å². The van der Waals surface area contributed by atoms with E-state index in [1.54, 1.807) is 0 Å². The van der Waals surface area contributed by atoms with E-state index in [2.05, 4.69) is 5.32 Å². The van der Waals surface area contributed by atoms with Gasteiger partial charge >= 0.3 is 5.97 Å². The summed E-state index contributed by atoms with van der Waals surface area (Å²) in [7, 11) is 0. The molecule has 0 aromatic heterocycles. The lowest BCUT2D eigenvalue weighted by atomic mass is 10.1. The molecule has 1 aliphatic rings. The molecule has 1 fully saturated rings. The highest BCUT2D eigenvalue weighted by Crippen LogP contribution is 2.11. The first-order valence-electron chi connectivity index (χ1n) is 5.69. The van der Waals surface area contributed by atoms with E-state index in [4.69, 9.17) is 9.47 Å². The van der Waals surface area contributed by atoms with Crippen LogP contribution in [0.5, 0.6) is 0 Å². The third-order valence-corrected chi connectivity index (χ3v) is 2.56. The van der Waals surface area contributed by atoms with Gasteiger partial charge in [0.2, 0.25) is 0 Å². The fourth-order valence-electron chi connectivity index (χ4n) is 1.65. The third kappa shape index (κ3) is 5.14. The molecule has 1 N–H and O–H groups in total. The SMILES string of the molecule is CCOC(=O)CC(C)NCC1CCOC1. The summed E-state index contributed by atoms with van der Waals surface area (Å²) in [4.78, 5) is 11.2. The zero-order valence-corrected chi connectivity index (χ0v) is 9.62. The summed E-state index contributed by atoms with van der Waals surface area (Å²) >= 11 is 0. The third-order valence-electron chi connectivity index (χ3n) is 2.56. The number of hydrogen-bond donors (Lipinski definition) is 1. The Morgan fingerprint density at radius 3 is 3.07 bits per heavy atom. The molecule has 0 radical (unpaired) electrons. The van der Waals surface area contributed by atoms with Gasteiger partial charge in [0.15, 0.2) is 0 Å². The number of carbonyl (C=O) groups is 1. The molecule has 2 atom stereocenters. The van der Waals surface area contributed by atoms with E-state index in [0.717, 1.165) is 26.2 Å². The molecule has 0 spiro atoms. The maximum absolute atomic E-state index is 11.2. The number of esters is 1. The van der Waals surface area contributed by atoms with Crippen molar-refractivity contribution >= 4 is 5.97 Å². The van der Waals surface area contributed by atoms with Crippen LogP contribution in [0.25, 0.3) is 0 Å². The largest absolute Gasteiger partial charge is 0.466 e. The highest BCUT2D eigenvalue weighted by Gasteiger charge is 2.17. The van der Waals surface area contributed by atoms with E-state index >= 15 is 0 Å². The summed E-state index contributed by atoms with van der Waals surface area (Å²) in [5, 5.41) is 3.33. The summed E-state index contributed by atoms with van der Waals surface area (Å²) < 4.78 is 10.2. The van der Waals surface area contributed by atoms with Gasteiger partial charge in [0, 0.05) is 19.2 Å². The summed E-state index contributed by atoms with van der Waals surface area (Å²) in [5.41, 5.74) is 0. The maximum atomic E-state index is 11.2. The van der Waals surface area contributed by atoms with Gasteiger partial charge in [0.1, 0.15) is 0 Å². The molecule has 0 amide bonds. The van der Waals surface area contributed by atoms with E-state index < -0.39 is 0 Å². The van der Waals surface area contributed by atoms with Crippen LogP contribution in [0.1, 0.15) is 26.7 Å². The van der Waals surface area contributed by atoms with Crippen LogP contribution in [-0.2, 0) is 14.3 Å². The van der Waals surface area contributed by atoms with E-state index in [1.807, 2.05) is 13.8 Å². The fraction of sp³-hybridized carbons (Fsp3) is 0.909. The molecule has 0 aliphatic carbocycles. The monoisotopic (exact) mass is 215 g/mol. The van der Waals surface area contributed by atoms with Crippen LogP contribution in [-0.4, -0.2) is 38.4 Å². The molecule has 15 heavy (non-hydrogen) atoms. The first kappa shape index (κ1) is 12.5. The minimum Gasteiger partial charge on any atom is -0.466 e. The molecule has 0 aromatic carbocycles. The normalized spacial score (nSPS) is 22.7. The van der Waals surface area contributed by atoms with Crippen LogP contribution in [0.2, 0.25) is 0 Å². The van der Waals surface area contributed by atoms with Gasteiger partial charge in [-0.05, 0) is 26.2 Å². The van der Waals surface area contributed by atoms with Crippen LogP contribution in [0.15, 0.2) is 0 Å². The lowest BCUT2D eigenvalue weighted by Crippen LogP contribution is -2.33. The second kappa shape index (κ2) is 6.80. The van der Waals surface area contributed by atoms with Crippen LogP contribution in [0.4, 0.5) is 0 Å². The van der Waals surface area contributed by atoms with Crippen LogP contribution < -0.4 is 5.32 Å². The lowest BCUT2D eigenvalue weighted by Gasteiger charge is -2.15. The van der Waals surface area contributed by atoms with Gasteiger partial charge in [-0.25, -0.2) is 0 Å². The minimum absolute atomic E-state index is 0.125. The standard InChI is InChI=1S/C11H21NO3/c1-3-15-11(13)6-9(2)12-7-10-4-5-14-8-10/h9-10,12H,3-8H2,1-2H3. The quantitative estimate of drug-likeness (QED) is 0.670. The molecule has 1 saturated heterocycles. The second-order valence-electron chi connectivity index (χ2n) is 4.05. The number of ether oxygens (including phenoxy) is 2.